The minimum atomic E-state index is -0.215. The number of hydrogen-bond acceptors (Lipinski definition) is 4. The van der Waals surface area contributed by atoms with Crippen LogP contribution in [0.15, 0.2) is 6.20 Å². The van der Waals surface area contributed by atoms with Gasteiger partial charge in [0.15, 0.2) is 5.82 Å². The summed E-state index contributed by atoms with van der Waals surface area (Å²) in [7, 11) is 0. The molecule has 0 atom stereocenters. The van der Waals surface area contributed by atoms with Crippen LogP contribution >= 0.6 is 0 Å². The van der Waals surface area contributed by atoms with Gasteiger partial charge in [-0.1, -0.05) is 5.21 Å². The summed E-state index contributed by atoms with van der Waals surface area (Å²) in [5.74, 6) is 0.137. The van der Waals surface area contributed by atoms with Crippen LogP contribution in [0.2, 0.25) is 0 Å². The summed E-state index contributed by atoms with van der Waals surface area (Å²) in [5.41, 5.74) is 0. The first kappa shape index (κ1) is 8.38. The molecule has 0 fully saturated rings. The molecule has 1 amide bonds. The van der Waals surface area contributed by atoms with Gasteiger partial charge in [0, 0.05) is 6.92 Å². The van der Waals surface area contributed by atoms with E-state index in [1.165, 1.54) is 17.8 Å². The summed E-state index contributed by atoms with van der Waals surface area (Å²) in [6.45, 7) is 1.52. The second-order valence-corrected chi connectivity index (χ2v) is 2.17. The number of hydrogen-bond donors (Lipinski definition) is 1. The summed E-state index contributed by atoms with van der Waals surface area (Å²) in [6, 6.07) is 0. The summed E-state index contributed by atoms with van der Waals surface area (Å²) in [4.78, 5) is 20.6. The average Bonchev–Trinajstić information content (AvgIpc) is 2.36. The van der Waals surface area contributed by atoms with Crippen LogP contribution in [0.5, 0.6) is 0 Å². The first-order chi connectivity index (χ1) is 5.72. The van der Waals surface area contributed by atoms with Crippen molar-refractivity contribution in [3.05, 3.63) is 6.20 Å². The zero-order valence-corrected chi connectivity index (χ0v) is 6.52. The van der Waals surface area contributed by atoms with Gasteiger partial charge < -0.3 is 10.1 Å². The van der Waals surface area contributed by atoms with E-state index in [1.807, 2.05) is 0 Å². The van der Waals surface area contributed by atoms with Crippen molar-refractivity contribution in [1.82, 2.24) is 15.0 Å². The Morgan fingerprint density at radius 1 is 1.83 bits per heavy atom. The fourth-order valence-corrected chi connectivity index (χ4v) is 0.702. The number of nitrogens with one attached hydrogen (secondary N) is 1. The molecule has 0 aliphatic rings. The Morgan fingerprint density at radius 3 is 3.17 bits per heavy atom. The molecule has 0 radical (unpaired) electrons. The monoisotopic (exact) mass is 168 g/mol. The fraction of sp³-hybridized carbons (Fsp3) is 0.333. The Morgan fingerprint density at radius 2 is 2.58 bits per heavy atom. The summed E-state index contributed by atoms with van der Waals surface area (Å²) in [5, 5.41) is 9.61. The smallest absolute Gasteiger partial charge is 0.222 e. The molecule has 0 aromatic carbocycles. The number of aldehydes is 1. The van der Waals surface area contributed by atoms with Crippen LogP contribution in [0.4, 0.5) is 5.82 Å². The van der Waals surface area contributed by atoms with Crippen LogP contribution in [0.1, 0.15) is 6.92 Å². The van der Waals surface area contributed by atoms with Gasteiger partial charge in [-0.2, -0.15) is 0 Å². The van der Waals surface area contributed by atoms with Crippen molar-refractivity contribution in [1.29, 1.82) is 0 Å². The maximum absolute atomic E-state index is 10.5. The third-order valence-corrected chi connectivity index (χ3v) is 1.10. The number of nitrogens with zero attached hydrogens (tertiary/aromatic N) is 3. The Bertz CT molecular complexity index is 293. The van der Waals surface area contributed by atoms with Gasteiger partial charge in [0.25, 0.3) is 0 Å². The summed E-state index contributed by atoms with van der Waals surface area (Å²) >= 11 is 0. The minimum absolute atomic E-state index is 0.145. The number of anilines is 1. The van der Waals surface area contributed by atoms with Crippen molar-refractivity contribution in [2.75, 3.05) is 5.32 Å². The number of amides is 1. The third kappa shape index (κ3) is 2.15. The topological polar surface area (TPSA) is 76.9 Å². The van der Waals surface area contributed by atoms with Crippen LogP contribution in [0.3, 0.4) is 0 Å². The predicted molar refractivity (Wildman–Crippen MR) is 40.4 cm³/mol. The van der Waals surface area contributed by atoms with E-state index in [-0.39, 0.29) is 12.5 Å². The first-order valence-electron chi connectivity index (χ1n) is 3.33. The molecule has 1 heterocycles. The van der Waals surface area contributed by atoms with Crippen molar-refractivity contribution >= 4 is 18.0 Å². The second kappa shape index (κ2) is 3.61. The molecule has 0 bridgehead atoms. The molecule has 6 nitrogen and oxygen atoms in total. The first-order valence-corrected chi connectivity index (χ1v) is 3.33. The largest absolute Gasteiger partial charge is 0.308 e. The maximum atomic E-state index is 10.5. The molecule has 1 N–H and O–H groups in total. The van der Waals surface area contributed by atoms with E-state index >= 15 is 0 Å². The molecular weight excluding hydrogens is 160 g/mol. The Labute approximate surface area is 68.6 Å². The van der Waals surface area contributed by atoms with Crippen molar-refractivity contribution in [2.24, 2.45) is 0 Å². The van der Waals surface area contributed by atoms with Crippen LogP contribution in [-0.2, 0) is 16.1 Å². The van der Waals surface area contributed by atoms with Crippen molar-refractivity contribution in [3.8, 4) is 0 Å². The van der Waals surface area contributed by atoms with Crippen LogP contribution in [0.25, 0.3) is 0 Å². The zero-order chi connectivity index (χ0) is 8.97. The lowest BCUT2D eigenvalue weighted by Crippen LogP contribution is -2.05. The van der Waals surface area contributed by atoms with Crippen molar-refractivity contribution in [2.45, 2.75) is 13.5 Å². The highest BCUT2D eigenvalue weighted by Gasteiger charge is 2.00. The van der Waals surface area contributed by atoms with E-state index in [4.69, 9.17) is 0 Å². The van der Waals surface area contributed by atoms with Crippen LogP contribution < -0.4 is 5.32 Å². The number of aromatic nitrogens is 3. The molecule has 0 saturated carbocycles. The molecular formula is C6H8N4O2. The SMILES string of the molecule is CC(=O)Nc1cn(CC=O)nn1. The fourth-order valence-electron chi connectivity index (χ4n) is 0.702. The van der Waals surface area contributed by atoms with Crippen LogP contribution in [0, 0.1) is 0 Å². The van der Waals surface area contributed by atoms with Gasteiger partial charge in [-0.05, 0) is 0 Å². The summed E-state index contributed by atoms with van der Waals surface area (Å²) < 4.78 is 1.33. The molecule has 0 saturated heterocycles. The number of carbonyl (C=O) groups excluding carboxylic acids is 2. The van der Waals surface area contributed by atoms with Gasteiger partial charge in [0.2, 0.25) is 5.91 Å². The quantitative estimate of drug-likeness (QED) is 0.613. The van der Waals surface area contributed by atoms with E-state index in [9.17, 15) is 9.59 Å². The third-order valence-electron chi connectivity index (χ3n) is 1.10. The zero-order valence-electron chi connectivity index (χ0n) is 6.52. The molecule has 6 heteroatoms. The highest BCUT2D eigenvalue weighted by atomic mass is 16.1. The molecule has 0 aliphatic heterocycles. The summed E-state index contributed by atoms with van der Waals surface area (Å²) in [6.07, 6.45) is 2.18. The van der Waals surface area contributed by atoms with Crippen LogP contribution in [-0.4, -0.2) is 27.2 Å². The lowest BCUT2D eigenvalue weighted by atomic mass is 10.6. The lowest BCUT2D eigenvalue weighted by Gasteiger charge is -1.91. The molecule has 1 aromatic rings. The molecule has 0 aliphatic carbocycles. The molecule has 64 valence electrons. The molecule has 1 aromatic heterocycles. The van der Waals surface area contributed by atoms with Gasteiger partial charge in [-0.15, -0.1) is 5.10 Å². The normalized spacial score (nSPS) is 9.42. The van der Waals surface area contributed by atoms with E-state index in [0.717, 1.165) is 0 Å². The Hall–Kier alpha value is -1.72. The molecule has 1 rings (SSSR count). The van der Waals surface area contributed by atoms with Gasteiger partial charge >= 0.3 is 0 Å². The highest BCUT2D eigenvalue weighted by Crippen LogP contribution is 1.97. The van der Waals surface area contributed by atoms with Gasteiger partial charge in [0.05, 0.1) is 12.7 Å². The molecule has 0 spiro atoms. The Kier molecular flexibility index (Phi) is 2.52. The number of rotatable bonds is 3. The Balaban J connectivity index is 2.63. The van der Waals surface area contributed by atoms with Gasteiger partial charge in [0.1, 0.15) is 6.29 Å². The van der Waals surface area contributed by atoms with E-state index in [1.54, 1.807) is 0 Å². The number of carbonyl (C=O) groups is 2. The van der Waals surface area contributed by atoms with Gasteiger partial charge in [-0.3, -0.25) is 4.79 Å². The standard InChI is InChI=1S/C6H8N4O2/c1-5(12)7-6-4-10(2-3-11)9-8-6/h3-4H,2H2,1H3,(H,7,12). The van der Waals surface area contributed by atoms with Gasteiger partial charge in [-0.25, -0.2) is 4.68 Å². The van der Waals surface area contributed by atoms with Crippen molar-refractivity contribution in [3.63, 3.8) is 0 Å². The average molecular weight is 168 g/mol. The maximum Gasteiger partial charge on any atom is 0.222 e. The van der Waals surface area contributed by atoms with Crippen molar-refractivity contribution < 1.29 is 9.59 Å². The van der Waals surface area contributed by atoms with E-state index < -0.39 is 0 Å². The molecule has 12 heavy (non-hydrogen) atoms. The lowest BCUT2D eigenvalue weighted by molar-refractivity contribution is -0.114. The highest BCUT2D eigenvalue weighted by molar-refractivity contribution is 5.87. The predicted octanol–water partition coefficient (Wildman–Crippen LogP) is -0.565. The van der Waals surface area contributed by atoms with E-state index in [2.05, 4.69) is 15.6 Å². The van der Waals surface area contributed by atoms with E-state index in [0.29, 0.717) is 12.1 Å². The second-order valence-electron chi connectivity index (χ2n) is 2.17. The minimum Gasteiger partial charge on any atom is -0.308 e. The molecule has 0 unspecified atom stereocenters.